The molecule has 110 valence electrons. The van der Waals surface area contributed by atoms with Gasteiger partial charge in [-0.25, -0.2) is 0 Å². The van der Waals surface area contributed by atoms with Gasteiger partial charge < -0.3 is 9.84 Å². The maximum atomic E-state index is 11.2. The predicted octanol–water partition coefficient (Wildman–Crippen LogP) is 3.69. The monoisotopic (exact) mass is 282 g/mol. The van der Waals surface area contributed by atoms with Crippen LogP contribution in [0.25, 0.3) is 0 Å². The molecule has 1 unspecified atom stereocenters. The highest BCUT2D eigenvalue weighted by Gasteiger charge is 2.35. The number of hydrogen-bond donors (Lipinski definition) is 1. The van der Waals surface area contributed by atoms with Crippen molar-refractivity contribution >= 4 is 0 Å². The van der Waals surface area contributed by atoms with Gasteiger partial charge in [-0.05, 0) is 61.1 Å². The lowest BCUT2D eigenvalue weighted by atomic mass is 9.75. The Kier molecular flexibility index (Phi) is 3.50. The van der Waals surface area contributed by atoms with Crippen molar-refractivity contribution in [2.75, 3.05) is 7.11 Å². The molecule has 0 bridgehead atoms. The molecule has 0 aromatic heterocycles. The maximum absolute atomic E-state index is 11.2. The average molecular weight is 282 g/mol. The third-order valence-corrected chi connectivity index (χ3v) is 4.59. The van der Waals surface area contributed by atoms with E-state index in [1.807, 2.05) is 6.07 Å². The van der Waals surface area contributed by atoms with Crippen LogP contribution in [-0.4, -0.2) is 12.2 Å². The summed E-state index contributed by atoms with van der Waals surface area (Å²) in [4.78, 5) is 0. The Balaban J connectivity index is 2.00. The first-order chi connectivity index (χ1) is 10.0. The van der Waals surface area contributed by atoms with Crippen LogP contribution in [0.5, 0.6) is 5.75 Å². The molecule has 0 aliphatic heterocycles. The fourth-order valence-electron chi connectivity index (χ4n) is 3.45. The molecule has 1 N–H and O–H groups in total. The minimum absolute atomic E-state index is 0.656. The quantitative estimate of drug-likeness (QED) is 0.910. The third-order valence-electron chi connectivity index (χ3n) is 4.59. The molecule has 21 heavy (non-hydrogen) atoms. The van der Waals surface area contributed by atoms with Crippen LogP contribution in [0.2, 0.25) is 0 Å². The fourth-order valence-corrected chi connectivity index (χ4v) is 3.45. The fraction of sp³-hybridized carbons (Fsp3) is 0.368. The smallest absolute Gasteiger partial charge is 0.119 e. The third kappa shape index (κ3) is 2.56. The van der Waals surface area contributed by atoms with Gasteiger partial charge in [-0.1, -0.05) is 29.8 Å². The van der Waals surface area contributed by atoms with Gasteiger partial charge in [0.05, 0.1) is 12.7 Å². The van der Waals surface area contributed by atoms with Crippen LogP contribution in [0.4, 0.5) is 0 Å². The van der Waals surface area contributed by atoms with Crippen LogP contribution in [-0.2, 0) is 18.4 Å². The van der Waals surface area contributed by atoms with Gasteiger partial charge in [0.15, 0.2) is 0 Å². The summed E-state index contributed by atoms with van der Waals surface area (Å²) in [6.07, 6.45) is 2.34. The summed E-state index contributed by atoms with van der Waals surface area (Å²) >= 11 is 0. The second kappa shape index (κ2) is 5.19. The van der Waals surface area contributed by atoms with E-state index in [4.69, 9.17) is 4.74 Å². The summed E-state index contributed by atoms with van der Waals surface area (Å²) in [7, 11) is 1.68. The summed E-state index contributed by atoms with van der Waals surface area (Å²) in [5.41, 5.74) is 5.22. The lowest BCUT2D eigenvalue weighted by molar-refractivity contribution is 0.0216. The number of aliphatic hydroxyl groups is 1. The van der Waals surface area contributed by atoms with Crippen molar-refractivity contribution in [1.29, 1.82) is 0 Å². The molecular weight excluding hydrogens is 260 g/mol. The molecule has 0 radical (unpaired) electrons. The van der Waals surface area contributed by atoms with Gasteiger partial charge >= 0.3 is 0 Å². The molecule has 1 atom stereocenters. The topological polar surface area (TPSA) is 29.5 Å². The maximum Gasteiger partial charge on any atom is 0.119 e. The van der Waals surface area contributed by atoms with Crippen LogP contribution >= 0.6 is 0 Å². The van der Waals surface area contributed by atoms with E-state index in [1.165, 1.54) is 22.3 Å². The summed E-state index contributed by atoms with van der Waals surface area (Å²) in [5.74, 6) is 0.860. The molecule has 0 saturated heterocycles. The zero-order chi connectivity index (χ0) is 15.0. The van der Waals surface area contributed by atoms with Crippen LogP contribution in [0.1, 0.15) is 34.2 Å². The van der Waals surface area contributed by atoms with Crippen LogP contribution in [0.15, 0.2) is 36.4 Å². The summed E-state index contributed by atoms with van der Waals surface area (Å²) in [6, 6.07) is 12.5. The molecule has 1 aliphatic carbocycles. The van der Waals surface area contributed by atoms with Gasteiger partial charge in [0, 0.05) is 6.42 Å². The van der Waals surface area contributed by atoms with Crippen LogP contribution in [0.3, 0.4) is 0 Å². The predicted molar refractivity (Wildman–Crippen MR) is 84.8 cm³/mol. The Bertz CT molecular complexity index is 675. The van der Waals surface area contributed by atoms with Crippen molar-refractivity contribution in [3.8, 4) is 5.75 Å². The molecule has 0 fully saturated rings. The molecule has 2 aromatic rings. The minimum atomic E-state index is -0.767. The Morgan fingerprint density at radius 1 is 1.05 bits per heavy atom. The highest BCUT2D eigenvalue weighted by molar-refractivity contribution is 5.43. The van der Waals surface area contributed by atoms with Gasteiger partial charge in [0.2, 0.25) is 0 Å². The molecule has 0 spiro atoms. The first-order valence-electron chi connectivity index (χ1n) is 7.48. The van der Waals surface area contributed by atoms with Gasteiger partial charge in [0.1, 0.15) is 5.75 Å². The minimum Gasteiger partial charge on any atom is -0.497 e. The van der Waals surface area contributed by atoms with Crippen molar-refractivity contribution in [3.63, 3.8) is 0 Å². The van der Waals surface area contributed by atoms with Gasteiger partial charge in [-0.2, -0.15) is 0 Å². The first-order valence-corrected chi connectivity index (χ1v) is 7.48. The van der Waals surface area contributed by atoms with Crippen molar-refractivity contribution in [1.82, 2.24) is 0 Å². The second-order valence-corrected chi connectivity index (χ2v) is 6.16. The largest absolute Gasteiger partial charge is 0.497 e. The number of hydrogen-bond acceptors (Lipinski definition) is 2. The van der Waals surface area contributed by atoms with Crippen LogP contribution < -0.4 is 4.74 Å². The van der Waals surface area contributed by atoms with Crippen molar-refractivity contribution in [2.24, 2.45) is 0 Å². The summed E-state index contributed by atoms with van der Waals surface area (Å²) in [6.45, 7) is 4.17. The zero-order valence-electron chi connectivity index (χ0n) is 12.9. The number of ether oxygens (including phenoxy) is 1. The average Bonchev–Trinajstić information content (AvgIpc) is 2.46. The SMILES string of the molecule is COc1ccc2c(c1)CC(O)(c1ccc(C)cc1C)CC2. The Morgan fingerprint density at radius 3 is 2.57 bits per heavy atom. The van der Waals surface area contributed by atoms with E-state index >= 15 is 0 Å². The van der Waals surface area contributed by atoms with E-state index in [1.54, 1.807) is 7.11 Å². The van der Waals surface area contributed by atoms with E-state index in [2.05, 4.69) is 44.2 Å². The van der Waals surface area contributed by atoms with E-state index in [9.17, 15) is 5.11 Å². The number of fused-ring (bicyclic) bond motifs is 1. The zero-order valence-corrected chi connectivity index (χ0v) is 12.9. The Morgan fingerprint density at radius 2 is 1.86 bits per heavy atom. The standard InChI is InChI=1S/C19H22O2/c1-13-4-7-18(14(2)10-13)19(20)9-8-15-5-6-17(21-3)11-16(15)12-19/h4-7,10-11,20H,8-9,12H2,1-3H3. The summed E-state index contributed by atoms with van der Waals surface area (Å²) < 4.78 is 5.31. The molecule has 3 rings (SSSR count). The Labute approximate surface area is 126 Å². The molecule has 0 heterocycles. The first kappa shape index (κ1) is 14.2. The molecular formula is C19H22O2. The molecule has 2 heteroatoms. The van der Waals surface area contributed by atoms with Crippen molar-refractivity contribution in [2.45, 2.75) is 38.7 Å². The van der Waals surface area contributed by atoms with Gasteiger partial charge in [-0.3, -0.25) is 0 Å². The molecule has 0 saturated carbocycles. The second-order valence-electron chi connectivity index (χ2n) is 6.16. The highest BCUT2D eigenvalue weighted by atomic mass is 16.5. The van der Waals surface area contributed by atoms with E-state index in [0.29, 0.717) is 6.42 Å². The molecule has 2 aromatic carbocycles. The molecule has 0 amide bonds. The highest BCUT2D eigenvalue weighted by Crippen LogP contribution is 2.39. The normalized spacial score (nSPS) is 21.0. The van der Waals surface area contributed by atoms with E-state index in [0.717, 1.165) is 24.2 Å². The van der Waals surface area contributed by atoms with E-state index in [-0.39, 0.29) is 0 Å². The lowest BCUT2D eigenvalue weighted by Gasteiger charge is -2.35. The lowest BCUT2D eigenvalue weighted by Crippen LogP contribution is -2.33. The number of rotatable bonds is 2. The number of aryl methyl sites for hydroxylation is 3. The summed E-state index contributed by atoms with van der Waals surface area (Å²) in [5, 5.41) is 11.2. The van der Waals surface area contributed by atoms with Gasteiger partial charge in [-0.15, -0.1) is 0 Å². The number of benzene rings is 2. The van der Waals surface area contributed by atoms with Crippen molar-refractivity contribution < 1.29 is 9.84 Å². The molecule has 2 nitrogen and oxygen atoms in total. The molecule has 1 aliphatic rings. The van der Waals surface area contributed by atoms with Crippen molar-refractivity contribution in [3.05, 3.63) is 64.2 Å². The van der Waals surface area contributed by atoms with Gasteiger partial charge in [0.25, 0.3) is 0 Å². The Hall–Kier alpha value is -1.80. The van der Waals surface area contributed by atoms with Crippen LogP contribution in [0, 0.1) is 13.8 Å². The number of methoxy groups -OCH3 is 1. The van der Waals surface area contributed by atoms with E-state index < -0.39 is 5.60 Å².